The van der Waals surface area contributed by atoms with Crippen LogP contribution in [-0.2, 0) is 15.0 Å². The predicted molar refractivity (Wildman–Crippen MR) is 73.4 cm³/mol. The normalized spacial score (nSPS) is 19.4. The van der Waals surface area contributed by atoms with E-state index >= 15 is 0 Å². The number of methoxy groups -OCH3 is 1. The van der Waals surface area contributed by atoms with Crippen LogP contribution in [0.25, 0.3) is 0 Å². The summed E-state index contributed by atoms with van der Waals surface area (Å²) in [5.74, 6) is -0.972. The van der Waals surface area contributed by atoms with Gasteiger partial charge in [-0.2, -0.15) is 8.42 Å². The minimum absolute atomic E-state index is 0.00201. The van der Waals surface area contributed by atoms with Crippen molar-refractivity contribution in [3.05, 3.63) is 23.2 Å². The van der Waals surface area contributed by atoms with Crippen molar-refractivity contribution >= 4 is 33.4 Å². The Morgan fingerprint density at radius 1 is 1.45 bits per heavy atom. The molecule has 1 fully saturated rings. The summed E-state index contributed by atoms with van der Waals surface area (Å²) in [6.07, 6.45) is -0.00201. The maximum Gasteiger partial charge on any atom is 0.302 e. The van der Waals surface area contributed by atoms with Crippen molar-refractivity contribution in [3.8, 4) is 5.75 Å². The highest BCUT2D eigenvalue weighted by atomic mass is 35.5. The summed E-state index contributed by atoms with van der Waals surface area (Å²) in [7, 11) is -3.12. The first kappa shape index (κ1) is 15.1. The van der Waals surface area contributed by atoms with Gasteiger partial charge in [0.05, 0.1) is 12.9 Å². The van der Waals surface area contributed by atoms with Gasteiger partial charge in [-0.25, -0.2) is 0 Å². The first-order valence-electron chi connectivity index (χ1n) is 5.86. The quantitative estimate of drug-likeness (QED) is 0.796. The molecule has 0 aliphatic carbocycles. The summed E-state index contributed by atoms with van der Waals surface area (Å²) in [6.45, 7) is 0.144. The lowest BCUT2D eigenvalue weighted by molar-refractivity contribution is -0.117. The molecular formula is C12H13ClFNO4S. The van der Waals surface area contributed by atoms with Crippen LogP contribution in [0.4, 0.5) is 9.57 Å². The summed E-state index contributed by atoms with van der Waals surface area (Å²) in [5.41, 5.74) is 0.512. The molecule has 0 spiro atoms. The average molecular weight is 322 g/mol. The zero-order valence-corrected chi connectivity index (χ0v) is 12.2. The van der Waals surface area contributed by atoms with Gasteiger partial charge in [-0.05, 0) is 12.1 Å². The zero-order valence-electron chi connectivity index (χ0n) is 10.7. The molecule has 1 atom stereocenters. The van der Waals surface area contributed by atoms with E-state index in [1.54, 1.807) is 18.2 Å². The van der Waals surface area contributed by atoms with Crippen LogP contribution in [-0.4, -0.2) is 33.7 Å². The van der Waals surface area contributed by atoms with E-state index in [9.17, 15) is 17.1 Å². The molecule has 5 nitrogen and oxygen atoms in total. The lowest BCUT2D eigenvalue weighted by Gasteiger charge is -2.17. The van der Waals surface area contributed by atoms with Crippen LogP contribution in [0.5, 0.6) is 5.75 Å². The first-order valence-corrected chi connectivity index (χ1v) is 7.79. The molecule has 1 saturated heterocycles. The van der Waals surface area contributed by atoms with Gasteiger partial charge in [-0.1, -0.05) is 11.6 Å². The number of rotatable bonds is 4. The third-order valence-corrected chi connectivity index (χ3v) is 4.13. The van der Waals surface area contributed by atoms with E-state index < -0.39 is 21.9 Å². The molecule has 0 radical (unpaired) electrons. The van der Waals surface area contributed by atoms with Crippen molar-refractivity contribution in [1.29, 1.82) is 0 Å². The van der Waals surface area contributed by atoms with E-state index in [1.165, 1.54) is 12.0 Å². The molecule has 0 N–H and O–H groups in total. The Balaban J connectivity index is 2.21. The Kier molecular flexibility index (Phi) is 4.19. The standard InChI is InChI=1S/C12H13ClFNO4S/c1-19-11-4-9(13)3-10(5-11)15-6-8(2-12(15)16)7-20(14,17)18/h3-5,8H,2,6-7H2,1H3. The molecule has 110 valence electrons. The Morgan fingerprint density at radius 3 is 2.75 bits per heavy atom. The van der Waals surface area contributed by atoms with Crippen LogP contribution < -0.4 is 9.64 Å². The number of nitrogens with zero attached hydrogens (tertiary/aromatic N) is 1. The lowest BCUT2D eigenvalue weighted by atomic mass is 10.1. The molecule has 0 bridgehead atoms. The van der Waals surface area contributed by atoms with Gasteiger partial charge in [0.1, 0.15) is 5.75 Å². The van der Waals surface area contributed by atoms with Gasteiger partial charge >= 0.3 is 10.2 Å². The number of carbonyl (C=O) groups excluding carboxylic acids is 1. The van der Waals surface area contributed by atoms with Gasteiger partial charge in [-0.3, -0.25) is 4.79 Å². The molecule has 8 heteroatoms. The fourth-order valence-corrected chi connectivity index (χ4v) is 3.25. The fourth-order valence-electron chi connectivity index (χ4n) is 2.25. The molecule has 1 aliphatic heterocycles. The van der Waals surface area contributed by atoms with Gasteiger partial charge < -0.3 is 9.64 Å². The van der Waals surface area contributed by atoms with Gasteiger partial charge in [0.2, 0.25) is 5.91 Å². The van der Waals surface area contributed by atoms with Crippen molar-refractivity contribution in [3.63, 3.8) is 0 Å². The van der Waals surface area contributed by atoms with E-state index in [-0.39, 0.29) is 18.9 Å². The second kappa shape index (κ2) is 5.57. The highest BCUT2D eigenvalue weighted by Gasteiger charge is 2.33. The second-order valence-electron chi connectivity index (χ2n) is 4.63. The minimum atomic E-state index is -4.59. The molecular weight excluding hydrogens is 309 g/mol. The summed E-state index contributed by atoms with van der Waals surface area (Å²) in [5, 5.41) is 0.397. The largest absolute Gasteiger partial charge is 0.497 e. The Morgan fingerprint density at radius 2 is 2.15 bits per heavy atom. The number of hydrogen-bond acceptors (Lipinski definition) is 4. The number of anilines is 1. The number of benzene rings is 1. The number of hydrogen-bond donors (Lipinski definition) is 0. The molecule has 0 saturated carbocycles. The molecule has 1 heterocycles. The average Bonchev–Trinajstić information content (AvgIpc) is 2.66. The van der Waals surface area contributed by atoms with Gasteiger partial charge in [0.25, 0.3) is 0 Å². The SMILES string of the molecule is COc1cc(Cl)cc(N2CC(CS(=O)(=O)F)CC2=O)c1. The van der Waals surface area contributed by atoms with E-state index in [2.05, 4.69) is 0 Å². The van der Waals surface area contributed by atoms with E-state index in [0.29, 0.717) is 16.5 Å². The third kappa shape index (κ3) is 3.61. The Hall–Kier alpha value is -1.34. The van der Waals surface area contributed by atoms with Crippen LogP contribution >= 0.6 is 11.6 Å². The molecule has 2 rings (SSSR count). The van der Waals surface area contributed by atoms with E-state index in [0.717, 1.165) is 0 Å². The van der Waals surface area contributed by atoms with Crippen molar-refractivity contribution in [2.45, 2.75) is 6.42 Å². The highest BCUT2D eigenvalue weighted by molar-refractivity contribution is 7.86. The summed E-state index contributed by atoms with van der Waals surface area (Å²) >= 11 is 5.92. The molecule has 1 amide bonds. The summed E-state index contributed by atoms with van der Waals surface area (Å²) in [4.78, 5) is 13.3. The van der Waals surface area contributed by atoms with E-state index in [1.807, 2.05) is 0 Å². The second-order valence-corrected chi connectivity index (χ2v) is 6.48. The molecule has 0 aromatic heterocycles. The summed E-state index contributed by atoms with van der Waals surface area (Å²) in [6, 6.07) is 4.79. The maximum atomic E-state index is 12.7. The van der Waals surface area contributed by atoms with Crippen LogP contribution in [0.1, 0.15) is 6.42 Å². The molecule has 20 heavy (non-hydrogen) atoms. The van der Waals surface area contributed by atoms with Crippen molar-refractivity contribution in [2.24, 2.45) is 5.92 Å². The van der Waals surface area contributed by atoms with Crippen LogP contribution in [0.15, 0.2) is 18.2 Å². The molecule has 1 aromatic rings. The van der Waals surface area contributed by atoms with E-state index in [4.69, 9.17) is 16.3 Å². The number of ether oxygens (including phenoxy) is 1. The smallest absolute Gasteiger partial charge is 0.302 e. The number of amides is 1. The van der Waals surface area contributed by atoms with Crippen LogP contribution in [0.3, 0.4) is 0 Å². The lowest BCUT2D eigenvalue weighted by Crippen LogP contribution is -2.25. The zero-order chi connectivity index (χ0) is 14.9. The maximum absolute atomic E-state index is 12.7. The Bertz CT molecular complexity index is 634. The van der Waals surface area contributed by atoms with Gasteiger partial charge in [0, 0.05) is 35.7 Å². The van der Waals surface area contributed by atoms with Crippen molar-refractivity contribution in [1.82, 2.24) is 0 Å². The van der Waals surface area contributed by atoms with Gasteiger partial charge in [0.15, 0.2) is 0 Å². The topological polar surface area (TPSA) is 63.7 Å². The van der Waals surface area contributed by atoms with Crippen molar-refractivity contribution < 1.29 is 21.8 Å². The molecule has 1 unspecified atom stereocenters. The highest BCUT2D eigenvalue weighted by Crippen LogP contribution is 2.31. The Labute approximate surface area is 121 Å². The fraction of sp³-hybridized carbons (Fsp3) is 0.417. The molecule has 1 aliphatic rings. The third-order valence-electron chi connectivity index (χ3n) is 3.04. The first-order chi connectivity index (χ1) is 9.28. The number of carbonyl (C=O) groups is 1. The van der Waals surface area contributed by atoms with Crippen LogP contribution in [0, 0.1) is 5.92 Å². The van der Waals surface area contributed by atoms with Crippen molar-refractivity contribution in [2.75, 3.05) is 24.3 Å². The monoisotopic (exact) mass is 321 g/mol. The molecule has 1 aromatic carbocycles. The van der Waals surface area contributed by atoms with Gasteiger partial charge in [-0.15, -0.1) is 3.89 Å². The van der Waals surface area contributed by atoms with Crippen LogP contribution in [0.2, 0.25) is 5.02 Å². The predicted octanol–water partition coefficient (Wildman–Crippen LogP) is 2.00. The minimum Gasteiger partial charge on any atom is -0.497 e. The summed E-state index contributed by atoms with van der Waals surface area (Å²) < 4.78 is 39.0. The number of halogens is 2.